The number of hydrogen-bond donors (Lipinski definition) is 0. The lowest BCUT2D eigenvalue weighted by Gasteiger charge is -2.16. The standard InChI is InChI=1S/C14H21N5O/c1-4-9-19-14(15-16-17-19)11-18(2)10-12-5-7-13(20-3)8-6-12/h5-8H,4,9-11H2,1-3H3. The summed E-state index contributed by atoms with van der Waals surface area (Å²) in [6.07, 6.45) is 1.03. The van der Waals surface area contributed by atoms with Crippen molar-refractivity contribution in [3.05, 3.63) is 35.7 Å². The van der Waals surface area contributed by atoms with Gasteiger partial charge in [0.25, 0.3) is 0 Å². The molecule has 0 radical (unpaired) electrons. The van der Waals surface area contributed by atoms with Crippen molar-refractivity contribution in [3.63, 3.8) is 0 Å². The molecule has 0 saturated carbocycles. The van der Waals surface area contributed by atoms with E-state index in [1.807, 2.05) is 16.8 Å². The highest BCUT2D eigenvalue weighted by atomic mass is 16.5. The van der Waals surface area contributed by atoms with Crippen LogP contribution >= 0.6 is 0 Å². The number of hydrogen-bond acceptors (Lipinski definition) is 5. The van der Waals surface area contributed by atoms with Crippen molar-refractivity contribution in [2.45, 2.75) is 33.0 Å². The summed E-state index contributed by atoms with van der Waals surface area (Å²) in [6, 6.07) is 8.10. The molecule has 6 nitrogen and oxygen atoms in total. The first-order valence-corrected chi connectivity index (χ1v) is 6.79. The molecular formula is C14H21N5O. The van der Waals surface area contributed by atoms with Crippen molar-refractivity contribution in [1.29, 1.82) is 0 Å². The van der Waals surface area contributed by atoms with Crippen molar-refractivity contribution in [2.75, 3.05) is 14.2 Å². The van der Waals surface area contributed by atoms with E-state index in [0.717, 1.165) is 37.6 Å². The van der Waals surface area contributed by atoms with Gasteiger partial charge < -0.3 is 4.74 Å². The number of aromatic nitrogens is 4. The molecule has 0 spiro atoms. The molecule has 1 heterocycles. The van der Waals surface area contributed by atoms with Crippen molar-refractivity contribution < 1.29 is 4.74 Å². The molecule has 6 heteroatoms. The van der Waals surface area contributed by atoms with Crippen LogP contribution in [0.4, 0.5) is 0 Å². The van der Waals surface area contributed by atoms with Crippen molar-refractivity contribution >= 4 is 0 Å². The molecule has 108 valence electrons. The summed E-state index contributed by atoms with van der Waals surface area (Å²) in [5, 5.41) is 11.8. The molecule has 0 amide bonds. The number of rotatable bonds is 7. The summed E-state index contributed by atoms with van der Waals surface area (Å²) in [5.74, 6) is 1.78. The Morgan fingerprint density at radius 3 is 2.60 bits per heavy atom. The fourth-order valence-corrected chi connectivity index (χ4v) is 2.06. The molecule has 0 N–H and O–H groups in total. The Kier molecular flexibility index (Phi) is 5.06. The second kappa shape index (κ2) is 7.00. The minimum atomic E-state index is 0.735. The van der Waals surface area contributed by atoms with E-state index in [9.17, 15) is 0 Å². The molecule has 2 aromatic rings. The van der Waals surface area contributed by atoms with Gasteiger partial charge in [0.1, 0.15) is 5.75 Å². The van der Waals surface area contributed by atoms with Crippen LogP contribution in [0.15, 0.2) is 24.3 Å². The van der Waals surface area contributed by atoms with Gasteiger partial charge in [0.15, 0.2) is 5.82 Å². The van der Waals surface area contributed by atoms with Crippen molar-refractivity contribution in [3.8, 4) is 5.75 Å². The average Bonchev–Trinajstić information content (AvgIpc) is 2.87. The van der Waals surface area contributed by atoms with E-state index < -0.39 is 0 Å². The first-order chi connectivity index (χ1) is 9.72. The molecular weight excluding hydrogens is 254 g/mol. The van der Waals surface area contributed by atoms with Gasteiger partial charge in [-0.15, -0.1) is 5.10 Å². The highest BCUT2D eigenvalue weighted by Crippen LogP contribution is 2.13. The predicted molar refractivity (Wildman–Crippen MR) is 76.3 cm³/mol. The summed E-state index contributed by atoms with van der Waals surface area (Å²) >= 11 is 0. The molecule has 0 aliphatic carbocycles. The van der Waals surface area contributed by atoms with Crippen LogP contribution in [0.25, 0.3) is 0 Å². The molecule has 0 atom stereocenters. The van der Waals surface area contributed by atoms with Gasteiger partial charge in [-0.2, -0.15) is 0 Å². The van der Waals surface area contributed by atoms with Gasteiger partial charge in [-0.1, -0.05) is 19.1 Å². The van der Waals surface area contributed by atoms with Crippen LogP contribution < -0.4 is 4.74 Å². The number of methoxy groups -OCH3 is 1. The Labute approximate surface area is 119 Å². The van der Waals surface area contributed by atoms with Crippen LogP contribution in [0.3, 0.4) is 0 Å². The summed E-state index contributed by atoms with van der Waals surface area (Å²) in [6.45, 7) is 4.56. The van der Waals surface area contributed by atoms with E-state index in [1.165, 1.54) is 5.56 Å². The molecule has 0 saturated heterocycles. The average molecular weight is 275 g/mol. The largest absolute Gasteiger partial charge is 0.497 e. The molecule has 0 bridgehead atoms. The molecule has 0 unspecified atom stereocenters. The van der Waals surface area contributed by atoms with Crippen LogP contribution in [0.2, 0.25) is 0 Å². The number of aryl methyl sites for hydroxylation is 1. The number of tetrazole rings is 1. The summed E-state index contributed by atoms with van der Waals surface area (Å²) in [7, 11) is 3.74. The SMILES string of the molecule is CCCn1nnnc1CN(C)Cc1ccc(OC)cc1. The highest BCUT2D eigenvalue weighted by molar-refractivity contribution is 5.27. The third-order valence-corrected chi connectivity index (χ3v) is 3.06. The number of nitrogens with zero attached hydrogens (tertiary/aromatic N) is 5. The van der Waals surface area contributed by atoms with Crippen molar-refractivity contribution in [2.24, 2.45) is 0 Å². The van der Waals surface area contributed by atoms with Crippen LogP contribution in [0, 0.1) is 0 Å². The third-order valence-electron chi connectivity index (χ3n) is 3.06. The monoisotopic (exact) mass is 275 g/mol. The Morgan fingerprint density at radius 1 is 1.20 bits per heavy atom. The maximum absolute atomic E-state index is 5.16. The van der Waals surface area contributed by atoms with E-state index in [1.54, 1.807) is 7.11 Å². The quantitative estimate of drug-likeness (QED) is 0.770. The molecule has 1 aromatic carbocycles. The van der Waals surface area contributed by atoms with E-state index in [0.29, 0.717) is 0 Å². The van der Waals surface area contributed by atoms with Gasteiger partial charge in [-0.05, 0) is 41.6 Å². The van der Waals surface area contributed by atoms with Gasteiger partial charge in [0.05, 0.1) is 13.7 Å². The summed E-state index contributed by atoms with van der Waals surface area (Å²) in [5.41, 5.74) is 1.24. The van der Waals surface area contributed by atoms with Gasteiger partial charge in [0.2, 0.25) is 0 Å². The van der Waals surface area contributed by atoms with E-state index >= 15 is 0 Å². The maximum atomic E-state index is 5.16. The lowest BCUT2D eigenvalue weighted by molar-refractivity contribution is 0.302. The normalized spacial score (nSPS) is 11.0. The van der Waals surface area contributed by atoms with Crippen LogP contribution in [-0.2, 0) is 19.6 Å². The summed E-state index contributed by atoms with van der Waals surface area (Å²) < 4.78 is 7.02. The zero-order valence-corrected chi connectivity index (χ0v) is 12.3. The Balaban J connectivity index is 1.94. The maximum Gasteiger partial charge on any atom is 0.165 e. The van der Waals surface area contributed by atoms with Gasteiger partial charge >= 0.3 is 0 Å². The van der Waals surface area contributed by atoms with E-state index in [2.05, 4.69) is 46.5 Å². The summed E-state index contributed by atoms with van der Waals surface area (Å²) in [4.78, 5) is 2.19. The molecule has 20 heavy (non-hydrogen) atoms. The van der Waals surface area contributed by atoms with Gasteiger partial charge in [-0.3, -0.25) is 4.90 Å². The van der Waals surface area contributed by atoms with E-state index in [-0.39, 0.29) is 0 Å². The smallest absolute Gasteiger partial charge is 0.165 e. The predicted octanol–water partition coefficient (Wildman–Crippen LogP) is 1.72. The minimum Gasteiger partial charge on any atom is -0.497 e. The fourth-order valence-electron chi connectivity index (χ4n) is 2.06. The first-order valence-electron chi connectivity index (χ1n) is 6.79. The minimum absolute atomic E-state index is 0.735. The Hall–Kier alpha value is -1.95. The zero-order valence-electron chi connectivity index (χ0n) is 12.3. The van der Waals surface area contributed by atoms with Gasteiger partial charge in [-0.25, -0.2) is 4.68 Å². The molecule has 1 aromatic heterocycles. The number of benzene rings is 1. The molecule has 0 aliphatic rings. The van der Waals surface area contributed by atoms with Gasteiger partial charge in [0, 0.05) is 13.1 Å². The topological polar surface area (TPSA) is 56.1 Å². The fraction of sp³-hybridized carbons (Fsp3) is 0.500. The molecule has 0 aliphatic heterocycles. The lowest BCUT2D eigenvalue weighted by atomic mass is 10.2. The van der Waals surface area contributed by atoms with Crippen LogP contribution in [0.5, 0.6) is 5.75 Å². The van der Waals surface area contributed by atoms with E-state index in [4.69, 9.17) is 4.74 Å². The van der Waals surface area contributed by atoms with Crippen LogP contribution in [0.1, 0.15) is 24.7 Å². The zero-order chi connectivity index (χ0) is 14.4. The van der Waals surface area contributed by atoms with Crippen LogP contribution in [-0.4, -0.2) is 39.3 Å². The van der Waals surface area contributed by atoms with Crippen molar-refractivity contribution in [1.82, 2.24) is 25.1 Å². The Morgan fingerprint density at radius 2 is 1.95 bits per heavy atom. The lowest BCUT2D eigenvalue weighted by Crippen LogP contribution is -2.20. The second-order valence-electron chi connectivity index (χ2n) is 4.84. The third kappa shape index (κ3) is 3.77. The highest BCUT2D eigenvalue weighted by Gasteiger charge is 2.09. The first kappa shape index (κ1) is 14.5. The number of ether oxygens (including phenoxy) is 1. The molecule has 2 rings (SSSR count). The molecule has 0 fully saturated rings. The second-order valence-corrected chi connectivity index (χ2v) is 4.84. The Bertz CT molecular complexity index is 523.